The third kappa shape index (κ3) is 2.52. The molecule has 5 nitrogen and oxygen atoms in total. The summed E-state index contributed by atoms with van der Waals surface area (Å²) >= 11 is 0. The minimum absolute atomic E-state index is 0.377. The number of para-hydroxylation sites is 1. The molecular formula is C15H15NO4. The molecule has 3 rings (SSSR count). The number of carbonyl (C=O) groups excluding carboxylic acids is 1. The minimum atomic E-state index is -0.988. The van der Waals surface area contributed by atoms with Gasteiger partial charge in [0, 0.05) is 5.39 Å². The summed E-state index contributed by atoms with van der Waals surface area (Å²) < 4.78 is 5.30. The van der Waals surface area contributed by atoms with Crippen LogP contribution in [0.15, 0.2) is 34.9 Å². The Balaban J connectivity index is 1.78. The summed E-state index contributed by atoms with van der Waals surface area (Å²) in [6.07, 6.45) is 3.97. The average molecular weight is 273 g/mol. The summed E-state index contributed by atoms with van der Waals surface area (Å²) in [5, 5.41) is 12.5. The lowest BCUT2D eigenvalue weighted by molar-refractivity contribution is -0.139. The number of fused-ring (bicyclic) bond motifs is 1. The van der Waals surface area contributed by atoms with Crippen molar-refractivity contribution in [3.8, 4) is 0 Å². The lowest BCUT2D eigenvalue weighted by Crippen LogP contribution is -2.41. The Morgan fingerprint density at radius 1 is 1.35 bits per heavy atom. The number of rotatable bonds is 5. The fourth-order valence-electron chi connectivity index (χ4n) is 2.30. The quantitative estimate of drug-likeness (QED) is 0.876. The van der Waals surface area contributed by atoms with Crippen LogP contribution >= 0.6 is 0 Å². The van der Waals surface area contributed by atoms with Gasteiger partial charge in [0.05, 0.1) is 5.56 Å². The number of hydrogen-bond donors (Lipinski definition) is 2. The number of carboxylic acids is 1. The molecule has 20 heavy (non-hydrogen) atoms. The van der Waals surface area contributed by atoms with Crippen LogP contribution in [0.4, 0.5) is 0 Å². The van der Waals surface area contributed by atoms with Crippen molar-refractivity contribution in [2.45, 2.75) is 25.3 Å². The molecular weight excluding hydrogens is 258 g/mol. The summed E-state index contributed by atoms with van der Waals surface area (Å²) in [5.74, 6) is -0.960. The summed E-state index contributed by atoms with van der Waals surface area (Å²) in [7, 11) is 0. The molecule has 1 aromatic carbocycles. The van der Waals surface area contributed by atoms with Gasteiger partial charge in [-0.25, -0.2) is 4.79 Å². The van der Waals surface area contributed by atoms with Gasteiger partial charge in [-0.15, -0.1) is 0 Å². The van der Waals surface area contributed by atoms with Gasteiger partial charge in [0.15, 0.2) is 0 Å². The van der Waals surface area contributed by atoms with E-state index in [9.17, 15) is 14.7 Å². The second kappa shape index (κ2) is 5.00. The highest BCUT2D eigenvalue weighted by molar-refractivity contribution is 6.06. The fraction of sp³-hybridized carbons (Fsp3) is 0.333. The van der Waals surface area contributed by atoms with Crippen LogP contribution in [0, 0.1) is 5.92 Å². The number of carbonyl (C=O) groups is 2. The molecule has 0 aliphatic heterocycles. The lowest BCUT2D eigenvalue weighted by atomic mass is 10.1. The van der Waals surface area contributed by atoms with Gasteiger partial charge in [0.25, 0.3) is 5.91 Å². The number of nitrogens with one attached hydrogen (secondary N) is 1. The van der Waals surface area contributed by atoms with Crippen LogP contribution in [0.3, 0.4) is 0 Å². The van der Waals surface area contributed by atoms with Crippen molar-refractivity contribution in [3.05, 3.63) is 36.1 Å². The Kier molecular flexibility index (Phi) is 3.18. The zero-order valence-corrected chi connectivity index (χ0v) is 10.8. The maximum Gasteiger partial charge on any atom is 0.326 e. The standard InChI is InChI=1S/C15H15NO4/c17-14(16-12(15(18)19)7-9-5-6-9)11-8-20-13-4-2-1-3-10(11)13/h1-4,8-9,12H,5-7H2,(H,16,17)(H,18,19). The molecule has 5 heteroatoms. The van der Waals surface area contributed by atoms with Crippen LogP contribution in [-0.4, -0.2) is 23.0 Å². The van der Waals surface area contributed by atoms with Crippen LogP contribution in [0.2, 0.25) is 0 Å². The van der Waals surface area contributed by atoms with Gasteiger partial charge in [0.2, 0.25) is 0 Å². The molecule has 1 aliphatic carbocycles. The summed E-state index contributed by atoms with van der Waals surface area (Å²) in [5.41, 5.74) is 0.995. The van der Waals surface area contributed by atoms with E-state index in [-0.39, 0.29) is 0 Å². The zero-order chi connectivity index (χ0) is 14.1. The highest BCUT2D eigenvalue weighted by atomic mass is 16.4. The van der Waals surface area contributed by atoms with E-state index in [2.05, 4.69) is 5.32 Å². The van der Waals surface area contributed by atoms with Gasteiger partial charge in [-0.05, 0) is 18.4 Å². The maximum absolute atomic E-state index is 12.2. The van der Waals surface area contributed by atoms with E-state index >= 15 is 0 Å². The van der Waals surface area contributed by atoms with Crippen molar-refractivity contribution in [1.29, 1.82) is 0 Å². The molecule has 0 spiro atoms. The van der Waals surface area contributed by atoms with E-state index in [1.807, 2.05) is 12.1 Å². The number of aliphatic carboxylic acids is 1. The predicted octanol–water partition coefficient (Wildman–Crippen LogP) is 2.42. The third-order valence-corrected chi connectivity index (χ3v) is 3.59. The second-order valence-electron chi connectivity index (χ2n) is 5.19. The normalized spacial score (nSPS) is 16.0. The fourth-order valence-corrected chi connectivity index (χ4v) is 2.30. The Hall–Kier alpha value is -2.30. The predicted molar refractivity (Wildman–Crippen MR) is 72.4 cm³/mol. The Labute approximate surface area is 115 Å². The monoisotopic (exact) mass is 273 g/mol. The van der Waals surface area contributed by atoms with Crippen molar-refractivity contribution in [3.63, 3.8) is 0 Å². The average Bonchev–Trinajstić information content (AvgIpc) is 3.14. The first-order chi connectivity index (χ1) is 9.65. The van der Waals surface area contributed by atoms with E-state index < -0.39 is 17.9 Å². The van der Waals surface area contributed by atoms with Gasteiger partial charge >= 0.3 is 5.97 Å². The largest absolute Gasteiger partial charge is 0.480 e. The molecule has 0 saturated heterocycles. The van der Waals surface area contributed by atoms with E-state index in [1.54, 1.807) is 12.1 Å². The van der Waals surface area contributed by atoms with Gasteiger partial charge in [0.1, 0.15) is 17.9 Å². The smallest absolute Gasteiger partial charge is 0.326 e. The van der Waals surface area contributed by atoms with Crippen molar-refractivity contribution in [1.82, 2.24) is 5.32 Å². The topological polar surface area (TPSA) is 79.5 Å². The highest BCUT2D eigenvalue weighted by Gasteiger charge is 2.30. The van der Waals surface area contributed by atoms with Crippen LogP contribution in [-0.2, 0) is 4.79 Å². The number of amides is 1. The molecule has 1 aliphatic rings. The third-order valence-electron chi connectivity index (χ3n) is 3.59. The Bertz CT molecular complexity index is 657. The molecule has 1 fully saturated rings. The van der Waals surface area contributed by atoms with E-state index in [4.69, 9.17) is 4.42 Å². The lowest BCUT2D eigenvalue weighted by Gasteiger charge is -2.13. The minimum Gasteiger partial charge on any atom is -0.480 e. The maximum atomic E-state index is 12.2. The van der Waals surface area contributed by atoms with Crippen molar-refractivity contribution in [2.24, 2.45) is 5.92 Å². The molecule has 2 N–H and O–H groups in total. The number of benzene rings is 1. The molecule has 0 radical (unpaired) electrons. The van der Waals surface area contributed by atoms with Gasteiger partial charge in [-0.1, -0.05) is 31.0 Å². The Morgan fingerprint density at radius 3 is 2.80 bits per heavy atom. The number of carboxylic acid groups (broad SMARTS) is 1. The van der Waals surface area contributed by atoms with Gasteiger partial charge in [-0.3, -0.25) is 4.79 Å². The van der Waals surface area contributed by atoms with Gasteiger partial charge < -0.3 is 14.8 Å². The molecule has 104 valence electrons. The molecule has 1 heterocycles. The highest BCUT2D eigenvalue weighted by Crippen LogP contribution is 2.33. The summed E-state index contributed by atoms with van der Waals surface area (Å²) in [6, 6.07) is 6.35. The van der Waals surface area contributed by atoms with Crippen LogP contribution in [0.1, 0.15) is 29.6 Å². The second-order valence-corrected chi connectivity index (χ2v) is 5.19. The molecule has 1 amide bonds. The SMILES string of the molecule is O=C(NC(CC1CC1)C(=O)O)c1coc2ccccc12. The summed E-state index contributed by atoms with van der Waals surface area (Å²) in [4.78, 5) is 23.4. The first-order valence-electron chi connectivity index (χ1n) is 6.65. The molecule has 2 aromatic rings. The first kappa shape index (κ1) is 12.7. The van der Waals surface area contributed by atoms with E-state index in [0.29, 0.717) is 28.9 Å². The first-order valence-corrected chi connectivity index (χ1v) is 6.65. The molecule has 1 atom stereocenters. The van der Waals surface area contributed by atoms with Crippen molar-refractivity contribution >= 4 is 22.8 Å². The van der Waals surface area contributed by atoms with Gasteiger partial charge in [-0.2, -0.15) is 0 Å². The summed E-state index contributed by atoms with van der Waals surface area (Å²) in [6.45, 7) is 0. The number of furan rings is 1. The van der Waals surface area contributed by atoms with Crippen LogP contribution in [0.25, 0.3) is 11.0 Å². The molecule has 1 unspecified atom stereocenters. The molecule has 1 saturated carbocycles. The van der Waals surface area contributed by atoms with E-state index in [1.165, 1.54) is 6.26 Å². The van der Waals surface area contributed by atoms with Crippen LogP contribution < -0.4 is 5.32 Å². The number of hydrogen-bond acceptors (Lipinski definition) is 3. The molecule has 1 aromatic heterocycles. The van der Waals surface area contributed by atoms with Crippen molar-refractivity contribution < 1.29 is 19.1 Å². The van der Waals surface area contributed by atoms with Crippen molar-refractivity contribution in [2.75, 3.05) is 0 Å². The zero-order valence-electron chi connectivity index (χ0n) is 10.8. The Morgan fingerprint density at radius 2 is 2.10 bits per heavy atom. The molecule has 0 bridgehead atoms. The van der Waals surface area contributed by atoms with E-state index in [0.717, 1.165) is 12.8 Å². The van der Waals surface area contributed by atoms with Crippen LogP contribution in [0.5, 0.6) is 0 Å².